The summed E-state index contributed by atoms with van der Waals surface area (Å²) in [6.45, 7) is 0. The zero-order valence-electron chi connectivity index (χ0n) is 15.0. The van der Waals surface area contributed by atoms with Crippen molar-refractivity contribution in [3.63, 3.8) is 0 Å². The Hall–Kier alpha value is -1.84. The van der Waals surface area contributed by atoms with Gasteiger partial charge in [-0.15, -0.1) is 0 Å². The van der Waals surface area contributed by atoms with Gasteiger partial charge in [-0.1, -0.05) is 83.1 Å². The molecule has 0 saturated heterocycles. The standard InChI is InChI=1S/2C12H9ClS/c2*13-10-6-8-12(9-7-10)14-11-4-2-1-3-5-11/h2*1-9H. The molecule has 0 spiro atoms. The molecule has 0 unspecified atom stereocenters. The van der Waals surface area contributed by atoms with Crippen LogP contribution in [0.15, 0.2) is 129 Å². The first-order valence-electron chi connectivity index (χ1n) is 8.66. The highest BCUT2D eigenvalue weighted by molar-refractivity contribution is 7.99. The Morgan fingerprint density at radius 3 is 0.964 bits per heavy atom. The minimum atomic E-state index is 0.780. The summed E-state index contributed by atoms with van der Waals surface area (Å²) in [5.41, 5.74) is 0. The molecular weight excluding hydrogens is 423 g/mol. The van der Waals surface area contributed by atoms with Gasteiger partial charge in [0, 0.05) is 29.6 Å². The third kappa shape index (κ3) is 7.29. The zero-order valence-corrected chi connectivity index (χ0v) is 18.1. The van der Waals surface area contributed by atoms with Gasteiger partial charge in [-0.25, -0.2) is 0 Å². The molecule has 0 fully saturated rings. The molecule has 0 atom stereocenters. The van der Waals surface area contributed by atoms with Gasteiger partial charge < -0.3 is 0 Å². The highest BCUT2D eigenvalue weighted by atomic mass is 35.5. The average molecular weight is 441 g/mol. The molecule has 0 aliphatic carbocycles. The minimum Gasteiger partial charge on any atom is -0.0901 e. The fraction of sp³-hybridized carbons (Fsp3) is 0. The van der Waals surface area contributed by atoms with Crippen LogP contribution in [0.4, 0.5) is 0 Å². The molecule has 0 radical (unpaired) electrons. The van der Waals surface area contributed by atoms with Crippen molar-refractivity contribution in [3.8, 4) is 0 Å². The summed E-state index contributed by atoms with van der Waals surface area (Å²) < 4.78 is 0. The number of halogens is 2. The smallest absolute Gasteiger partial charge is 0.0406 e. The SMILES string of the molecule is Clc1ccc(Sc2ccccc2)cc1.Clc1ccc(Sc2ccccc2)cc1. The first kappa shape index (κ1) is 20.9. The van der Waals surface area contributed by atoms with E-state index >= 15 is 0 Å². The second-order valence-electron chi connectivity index (χ2n) is 5.74. The van der Waals surface area contributed by atoms with E-state index in [1.807, 2.05) is 84.9 Å². The molecule has 0 aromatic heterocycles. The van der Waals surface area contributed by atoms with E-state index < -0.39 is 0 Å². The van der Waals surface area contributed by atoms with Gasteiger partial charge in [0.15, 0.2) is 0 Å². The summed E-state index contributed by atoms with van der Waals surface area (Å²) in [6, 6.07) is 36.3. The van der Waals surface area contributed by atoms with Crippen LogP contribution in [-0.2, 0) is 0 Å². The predicted molar refractivity (Wildman–Crippen MR) is 124 cm³/mol. The van der Waals surface area contributed by atoms with Crippen molar-refractivity contribution < 1.29 is 0 Å². The summed E-state index contributed by atoms with van der Waals surface area (Å²) in [4.78, 5) is 4.91. The lowest BCUT2D eigenvalue weighted by molar-refractivity contribution is 1.41. The molecule has 4 aromatic rings. The Labute approximate surface area is 184 Å². The maximum atomic E-state index is 5.81. The van der Waals surface area contributed by atoms with E-state index in [-0.39, 0.29) is 0 Å². The number of rotatable bonds is 4. The molecule has 0 N–H and O–H groups in total. The molecule has 4 heteroatoms. The lowest BCUT2D eigenvalue weighted by Gasteiger charge is -2.00. The summed E-state index contributed by atoms with van der Waals surface area (Å²) in [5, 5.41) is 1.56. The van der Waals surface area contributed by atoms with Crippen molar-refractivity contribution in [1.82, 2.24) is 0 Å². The summed E-state index contributed by atoms with van der Waals surface area (Å²) >= 11 is 15.1. The second-order valence-corrected chi connectivity index (χ2v) is 8.90. The van der Waals surface area contributed by atoms with Crippen LogP contribution < -0.4 is 0 Å². The van der Waals surface area contributed by atoms with Gasteiger partial charge in [0.25, 0.3) is 0 Å². The van der Waals surface area contributed by atoms with Gasteiger partial charge in [0.2, 0.25) is 0 Å². The molecule has 140 valence electrons. The highest BCUT2D eigenvalue weighted by Crippen LogP contribution is 2.28. The van der Waals surface area contributed by atoms with Crippen LogP contribution in [0.5, 0.6) is 0 Å². The largest absolute Gasteiger partial charge is 0.0901 e. The highest BCUT2D eigenvalue weighted by Gasteiger charge is 1.96. The predicted octanol–water partition coefficient (Wildman–Crippen LogP) is 8.98. The Morgan fingerprint density at radius 2 is 0.643 bits per heavy atom. The molecule has 0 saturated carbocycles. The van der Waals surface area contributed by atoms with Crippen molar-refractivity contribution in [2.24, 2.45) is 0 Å². The lowest BCUT2D eigenvalue weighted by atomic mass is 10.4. The fourth-order valence-electron chi connectivity index (χ4n) is 2.25. The molecule has 0 amide bonds. The topological polar surface area (TPSA) is 0 Å². The van der Waals surface area contributed by atoms with E-state index in [4.69, 9.17) is 23.2 Å². The van der Waals surface area contributed by atoms with Crippen LogP contribution in [0.2, 0.25) is 10.0 Å². The van der Waals surface area contributed by atoms with Gasteiger partial charge in [-0.2, -0.15) is 0 Å². The Kier molecular flexibility index (Phi) is 8.38. The lowest BCUT2D eigenvalue weighted by Crippen LogP contribution is -1.72. The first-order chi connectivity index (χ1) is 13.7. The van der Waals surface area contributed by atoms with Crippen molar-refractivity contribution in [3.05, 3.63) is 119 Å². The molecular formula is C24H18Cl2S2. The second kappa shape index (κ2) is 11.2. The Morgan fingerprint density at radius 1 is 0.357 bits per heavy atom. The molecule has 0 nitrogen and oxygen atoms in total. The normalized spacial score (nSPS) is 10.1. The maximum absolute atomic E-state index is 5.81. The quantitative estimate of drug-likeness (QED) is 0.310. The Balaban J connectivity index is 0.000000161. The molecule has 28 heavy (non-hydrogen) atoms. The molecule has 4 rings (SSSR count). The third-order valence-electron chi connectivity index (χ3n) is 3.59. The number of benzene rings is 4. The summed E-state index contributed by atoms with van der Waals surface area (Å²) in [6.07, 6.45) is 0. The number of hydrogen-bond donors (Lipinski definition) is 0. The van der Waals surface area contributed by atoms with E-state index in [2.05, 4.69) is 24.3 Å². The first-order valence-corrected chi connectivity index (χ1v) is 11.0. The van der Waals surface area contributed by atoms with Crippen LogP contribution in [-0.4, -0.2) is 0 Å². The minimum absolute atomic E-state index is 0.780. The third-order valence-corrected chi connectivity index (χ3v) is 6.12. The zero-order chi connectivity index (χ0) is 19.6. The van der Waals surface area contributed by atoms with Crippen LogP contribution in [0, 0.1) is 0 Å². The number of hydrogen-bond acceptors (Lipinski definition) is 2. The van der Waals surface area contributed by atoms with Gasteiger partial charge >= 0.3 is 0 Å². The molecule has 0 aliphatic heterocycles. The maximum Gasteiger partial charge on any atom is 0.0406 e. The monoisotopic (exact) mass is 440 g/mol. The van der Waals surface area contributed by atoms with Crippen molar-refractivity contribution in [2.45, 2.75) is 19.6 Å². The van der Waals surface area contributed by atoms with Gasteiger partial charge in [0.1, 0.15) is 0 Å². The summed E-state index contributed by atoms with van der Waals surface area (Å²) in [5.74, 6) is 0. The van der Waals surface area contributed by atoms with Crippen molar-refractivity contribution >= 4 is 46.7 Å². The van der Waals surface area contributed by atoms with Crippen LogP contribution in [0.25, 0.3) is 0 Å². The molecule has 0 heterocycles. The van der Waals surface area contributed by atoms with E-state index in [1.54, 1.807) is 23.5 Å². The Bertz CT molecular complexity index is 872. The molecule has 0 bridgehead atoms. The van der Waals surface area contributed by atoms with E-state index in [1.165, 1.54) is 19.6 Å². The van der Waals surface area contributed by atoms with Gasteiger partial charge in [0.05, 0.1) is 0 Å². The average Bonchev–Trinajstić information content (AvgIpc) is 2.74. The van der Waals surface area contributed by atoms with Crippen molar-refractivity contribution in [1.29, 1.82) is 0 Å². The van der Waals surface area contributed by atoms with Gasteiger partial charge in [-0.3, -0.25) is 0 Å². The van der Waals surface area contributed by atoms with Crippen LogP contribution >= 0.6 is 46.7 Å². The summed E-state index contributed by atoms with van der Waals surface area (Å²) in [7, 11) is 0. The van der Waals surface area contributed by atoms with E-state index in [9.17, 15) is 0 Å². The van der Waals surface area contributed by atoms with Crippen LogP contribution in [0.3, 0.4) is 0 Å². The molecule has 0 aliphatic rings. The van der Waals surface area contributed by atoms with Gasteiger partial charge in [-0.05, 0) is 72.8 Å². The fourth-order valence-corrected chi connectivity index (χ4v) is 4.18. The van der Waals surface area contributed by atoms with Crippen LogP contribution in [0.1, 0.15) is 0 Å². The van der Waals surface area contributed by atoms with E-state index in [0.717, 1.165) is 10.0 Å². The van der Waals surface area contributed by atoms with Crippen molar-refractivity contribution in [2.75, 3.05) is 0 Å². The molecule has 4 aromatic carbocycles. The van der Waals surface area contributed by atoms with E-state index in [0.29, 0.717) is 0 Å².